The van der Waals surface area contributed by atoms with Crippen molar-refractivity contribution in [1.82, 2.24) is 0 Å². The van der Waals surface area contributed by atoms with E-state index in [-0.39, 0.29) is 5.56 Å². The predicted molar refractivity (Wildman–Crippen MR) is 82.7 cm³/mol. The first-order valence-electron chi connectivity index (χ1n) is 7.25. The molecule has 0 fully saturated rings. The van der Waals surface area contributed by atoms with E-state index in [1.165, 1.54) is 12.1 Å². The fraction of sp³-hybridized carbons (Fsp3) is 0.278. The van der Waals surface area contributed by atoms with Gasteiger partial charge in [-0.3, -0.25) is 4.79 Å². The van der Waals surface area contributed by atoms with Gasteiger partial charge in [-0.15, -0.1) is 0 Å². The van der Waals surface area contributed by atoms with Crippen LogP contribution in [0.4, 0.5) is 4.39 Å². The van der Waals surface area contributed by atoms with E-state index < -0.39 is 17.7 Å². The van der Waals surface area contributed by atoms with Gasteiger partial charge in [0.2, 0.25) is 0 Å². The van der Waals surface area contributed by atoms with E-state index in [9.17, 15) is 14.3 Å². The summed E-state index contributed by atoms with van der Waals surface area (Å²) in [4.78, 5) is 11.4. The average molecular weight is 302 g/mol. The summed E-state index contributed by atoms with van der Waals surface area (Å²) < 4.78 is 19.4. The van der Waals surface area contributed by atoms with E-state index in [1.54, 1.807) is 12.1 Å². The van der Waals surface area contributed by atoms with Gasteiger partial charge in [0.1, 0.15) is 11.6 Å². The SMILES string of the molecule is Cc1ccccc1OCCCC(C(=O)O)c1ccccc1F. The van der Waals surface area contributed by atoms with Gasteiger partial charge in [0.05, 0.1) is 12.5 Å². The Morgan fingerprint density at radius 3 is 2.55 bits per heavy atom. The van der Waals surface area contributed by atoms with Gasteiger partial charge in [0.25, 0.3) is 0 Å². The summed E-state index contributed by atoms with van der Waals surface area (Å²) >= 11 is 0. The van der Waals surface area contributed by atoms with Crippen molar-refractivity contribution in [2.75, 3.05) is 6.61 Å². The van der Waals surface area contributed by atoms with Gasteiger partial charge >= 0.3 is 5.97 Å². The Morgan fingerprint density at radius 2 is 1.86 bits per heavy atom. The molecule has 4 heteroatoms. The number of ether oxygens (including phenoxy) is 1. The minimum Gasteiger partial charge on any atom is -0.493 e. The first-order valence-corrected chi connectivity index (χ1v) is 7.25. The van der Waals surface area contributed by atoms with Gasteiger partial charge in [0, 0.05) is 5.56 Å². The van der Waals surface area contributed by atoms with Crippen LogP contribution in [0.2, 0.25) is 0 Å². The van der Waals surface area contributed by atoms with Crippen LogP contribution in [0.5, 0.6) is 5.75 Å². The highest BCUT2D eigenvalue weighted by atomic mass is 19.1. The number of aryl methyl sites for hydroxylation is 1. The molecule has 0 saturated carbocycles. The van der Waals surface area contributed by atoms with Gasteiger partial charge in [0.15, 0.2) is 0 Å². The van der Waals surface area contributed by atoms with E-state index in [0.29, 0.717) is 19.4 Å². The molecular formula is C18H19FO3. The van der Waals surface area contributed by atoms with E-state index in [1.807, 2.05) is 31.2 Å². The van der Waals surface area contributed by atoms with E-state index >= 15 is 0 Å². The first-order chi connectivity index (χ1) is 10.6. The van der Waals surface area contributed by atoms with Crippen LogP contribution in [0, 0.1) is 12.7 Å². The van der Waals surface area contributed by atoms with Crippen LogP contribution >= 0.6 is 0 Å². The molecule has 1 N–H and O–H groups in total. The molecule has 3 nitrogen and oxygen atoms in total. The summed E-state index contributed by atoms with van der Waals surface area (Å²) in [5.41, 5.74) is 1.26. The highest BCUT2D eigenvalue weighted by Gasteiger charge is 2.22. The summed E-state index contributed by atoms with van der Waals surface area (Å²) in [6.07, 6.45) is 0.877. The van der Waals surface area contributed by atoms with Crippen molar-refractivity contribution in [2.24, 2.45) is 0 Å². The number of rotatable bonds is 7. The Labute approximate surface area is 129 Å². The Morgan fingerprint density at radius 1 is 1.18 bits per heavy atom. The zero-order valence-corrected chi connectivity index (χ0v) is 12.5. The molecule has 0 aliphatic carbocycles. The summed E-state index contributed by atoms with van der Waals surface area (Å²) in [6, 6.07) is 13.7. The standard InChI is InChI=1S/C18H19FO3/c1-13-7-2-5-11-17(13)22-12-6-9-15(18(20)21)14-8-3-4-10-16(14)19/h2-5,7-8,10-11,15H,6,9,12H2,1H3,(H,20,21). The van der Waals surface area contributed by atoms with Crippen LogP contribution in [-0.4, -0.2) is 17.7 Å². The number of aliphatic carboxylic acids is 1. The number of carbonyl (C=O) groups is 1. The minimum atomic E-state index is -1.01. The second-order valence-corrected chi connectivity index (χ2v) is 5.17. The molecule has 0 bridgehead atoms. The lowest BCUT2D eigenvalue weighted by molar-refractivity contribution is -0.139. The molecule has 0 saturated heterocycles. The summed E-state index contributed by atoms with van der Waals surface area (Å²) in [5.74, 6) is -1.54. The van der Waals surface area contributed by atoms with Crippen molar-refractivity contribution in [3.8, 4) is 5.75 Å². The molecule has 2 rings (SSSR count). The Kier molecular flexibility index (Phi) is 5.53. The molecule has 0 aliphatic heterocycles. The zero-order valence-electron chi connectivity index (χ0n) is 12.5. The maximum atomic E-state index is 13.7. The highest BCUT2D eigenvalue weighted by molar-refractivity contribution is 5.76. The van der Waals surface area contributed by atoms with Crippen LogP contribution in [0.15, 0.2) is 48.5 Å². The monoisotopic (exact) mass is 302 g/mol. The highest BCUT2D eigenvalue weighted by Crippen LogP contribution is 2.25. The van der Waals surface area contributed by atoms with E-state index in [4.69, 9.17) is 4.74 Å². The van der Waals surface area contributed by atoms with Crippen LogP contribution in [0.3, 0.4) is 0 Å². The summed E-state index contributed by atoms with van der Waals surface area (Å²) in [7, 11) is 0. The third-order valence-electron chi connectivity index (χ3n) is 3.57. The Bertz CT molecular complexity index is 640. The second kappa shape index (κ2) is 7.59. The molecule has 116 valence electrons. The van der Waals surface area contributed by atoms with Gasteiger partial charge in [-0.25, -0.2) is 4.39 Å². The van der Waals surface area contributed by atoms with Crippen LogP contribution in [0.1, 0.15) is 29.9 Å². The Balaban J connectivity index is 1.92. The van der Waals surface area contributed by atoms with Gasteiger partial charge < -0.3 is 9.84 Å². The van der Waals surface area contributed by atoms with E-state index in [0.717, 1.165) is 11.3 Å². The largest absolute Gasteiger partial charge is 0.493 e. The van der Waals surface area contributed by atoms with Crippen molar-refractivity contribution in [3.05, 3.63) is 65.5 Å². The maximum absolute atomic E-state index is 13.7. The lowest BCUT2D eigenvalue weighted by Crippen LogP contribution is -2.14. The minimum absolute atomic E-state index is 0.228. The smallest absolute Gasteiger partial charge is 0.311 e. The molecule has 2 aromatic carbocycles. The van der Waals surface area contributed by atoms with Crippen molar-refractivity contribution in [1.29, 1.82) is 0 Å². The average Bonchev–Trinajstić information content (AvgIpc) is 2.50. The molecule has 0 radical (unpaired) electrons. The van der Waals surface area contributed by atoms with Gasteiger partial charge in [-0.2, -0.15) is 0 Å². The third-order valence-corrected chi connectivity index (χ3v) is 3.57. The lowest BCUT2D eigenvalue weighted by Gasteiger charge is -2.14. The molecule has 2 aromatic rings. The topological polar surface area (TPSA) is 46.5 Å². The number of para-hydroxylation sites is 1. The molecular weight excluding hydrogens is 283 g/mol. The van der Waals surface area contributed by atoms with Crippen LogP contribution in [-0.2, 0) is 4.79 Å². The number of carboxylic acid groups (broad SMARTS) is 1. The number of carboxylic acids is 1. The molecule has 0 aliphatic rings. The number of hydrogen-bond donors (Lipinski definition) is 1. The molecule has 0 spiro atoms. The Hall–Kier alpha value is -2.36. The molecule has 1 atom stereocenters. The van der Waals surface area contributed by atoms with Crippen molar-refractivity contribution in [3.63, 3.8) is 0 Å². The fourth-order valence-corrected chi connectivity index (χ4v) is 2.36. The normalized spacial score (nSPS) is 11.9. The fourth-order valence-electron chi connectivity index (χ4n) is 2.36. The number of benzene rings is 2. The number of halogens is 1. The predicted octanol–water partition coefficient (Wildman–Crippen LogP) is 4.16. The second-order valence-electron chi connectivity index (χ2n) is 5.17. The summed E-state index contributed by atoms with van der Waals surface area (Å²) in [6.45, 7) is 2.36. The zero-order chi connectivity index (χ0) is 15.9. The summed E-state index contributed by atoms with van der Waals surface area (Å²) in [5, 5.41) is 9.30. The quantitative estimate of drug-likeness (QED) is 0.781. The van der Waals surface area contributed by atoms with Crippen molar-refractivity contribution < 1.29 is 19.0 Å². The van der Waals surface area contributed by atoms with Crippen molar-refractivity contribution in [2.45, 2.75) is 25.7 Å². The van der Waals surface area contributed by atoms with Gasteiger partial charge in [-0.05, 0) is 37.5 Å². The lowest BCUT2D eigenvalue weighted by atomic mass is 9.94. The molecule has 0 aromatic heterocycles. The van der Waals surface area contributed by atoms with E-state index in [2.05, 4.69) is 0 Å². The molecule has 22 heavy (non-hydrogen) atoms. The molecule has 1 unspecified atom stereocenters. The van der Waals surface area contributed by atoms with Crippen LogP contribution in [0.25, 0.3) is 0 Å². The molecule has 0 amide bonds. The molecule has 0 heterocycles. The van der Waals surface area contributed by atoms with Crippen LogP contribution < -0.4 is 4.74 Å². The first kappa shape index (κ1) is 16.0. The third kappa shape index (κ3) is 4.07. The number of hydrogen-bond acceptors (Lipinski definition) is 2. The maximum Gasteiger partial charge on any atom is 0.311 e. The van der Waals surface area contributed by atoms with Gasteiger partial charge in [-0.1, -0.05) is 36.4 Å². The van der Waals surface area contributed by atoms with Crippen molar-refractivity contribution >= 4 is 5.97 Å².